The Hall–Kier alpha value is -3.31. The number of amides is 1. The van der Waals surface area contributed by atoms with Crippen molar-refractivity contribution in [1.82, 2.24) is 29.8 Å². The first-order valence-corrected chi connectivity index (χ1v) is 16.9. The molecule has 1 aliphatic carbocycles. The second-order valence-electron chi connectivity index (χ2n) is 12.6. The minimum atomic E-state index is -2.62. The lowest BCUT2D eigenvalue weighted by Gasteiger charge is -2.34. The molecule has 0 bridgehead atoms. The van der Waals surface area contributed by atoms with E-state index >= 15 is 0 Å². The van der Waals surface area contributed by atoms with Gasteiger partial charge in [0.2, 0.25) is 6.41 Å². The van der Waals surface area contributed by atoms with E-state index in [0.29, 0.717) is 43.0 Å². The molecule has 2 fully saturated rings. The highest BCUT2D eigenvalue weighted by molar-refractivity contribution is 5.77. The zero-order valence-electron chi connectivity index (χ0n) is 26.9. The Morgan fingerprint density at radius 1 is 1.02 bits per heavy atom. The summed E-state index contributed by atoms with van der Waals surface area (Å²) < 4.78 is 39.3. The Bertz CT molecular complexity index is 1460. The molecule has 11 heteroatoms. The third kappa shape index (κ3) is 6.52. The van der Waals surface area contributed by atoms with E-state index in [4.69, 9.17) is 9.84 Å². The van der Waals surface area contributed by atoms with Gasteiger partial charge in [0.1, 0.15) is 0 Å². The molecule has 0 radical (unpaired) electrons. The second kappa shape index (κ2) is 14.0. The largest absolute Gasteiger partial charge is 0.375 e. The van der Waals surface area contributed by atoms with Crippen molar-refractivity contribution >= 4 is 17.9 Å². The average molecular weight is 624 g/mol. The van der Waals surface area contributed by atoms with Gasteiger partial charge in [-0.15, -0.1) is 0 Å². The number of aromatic nitrogens is 4. The maximum atomic E-state index is 14.5. The number of fused-ring (bicyclic) bond motifs is 2. The molecule has 3 aliphatic heterocycles. The van der Waals surface area contributed by atoms with Crippen LogP contribution in [0.4, 0.5) is 20.3 Å². The number of benzene rings is 1. The maximum Gasteiger partial charge on any atom is 0.264 e. The highest BCUT2D eigenvalue weighted by Gasteiger charge is 2.35. The fraction of sp³-hybridized carbons (Fsp3) is 0.618. The summed E-state index contributed by atoms with van der Waals surface area (Å²) in [6, 6.07) is 3.86. The van der Waals surface area contributed by atoms with Gasteiger partial charge in [0.25, 0.3) is 6.43 Å². The van der Waals surface area contributed by atoms with Gasteiger partial charge in [-0.3, -0.25) is 14.2 Å². The predicted molar refractivity (Wildman–Crippen MR) is 171 cm³/mol. The van der Waals surface area contributed by atoms with E-state index in [-0.39, 0.29) is 11.6 Å². The van der Waals surface area contributed by atoms with E-state index < -0.39 is 6.43 Å². The molecule has 0 unspecified atom stereocenters. The van der Waals surface area contributed by atoms with Crippen molar-refractivity contribution in [2.45, 2.75) is 103 Å². The smallest absolute Gasteiger partial charge is 0.264 e. The van der Waals surface area contributed by atoms with Gasteiger partial charge < -0.3 is 19.9 Å². The van der Waals surface area contributed by atoms with Gasteiger partial charge in [-0.05, 0) is 87.7 Å². The van der Waals surface area contributed by atoms with Crippen molar-refractivity contribution in [3.8, 4) is 11.1 Å². The molecule has 244 valence electrons. The molecule has 2 aromatic heterocycles. The van der Waals surface area contributed by atoms with Crippen molar-refractivity contribution in [2.24, 2.45) is 7.05 Å². The van der Waals surface area contributed by atoms with Crippen LogP contribution in [0.2, 0.25) is 0 Å². The van der Waals surface area contributed by atoms with E-state index in [2.05, 4.69) is 20.0 Å². The summed E-state index contributed by atoms with van der Waals surface area (Å²) in [5, 5.41) is 12.9. The van der Waals surface area contributed by atoms with Crippen molar-refractivity contribution in [3.05, 3.63) is 46.9 Å². The van der Waals surface area contributed by atoms with Crippen molar-refractivity contribution in [3.63, 3.8) is 0 Å². The van der Waals surface area contributed by atoms with Crippen LogP contribution in [0, 0.1) is 0 Å². The molecule has 45 heavy (non-hydrogen) atoms. The molecule has 0 spiro atoms. The van der Waals surface area contributed by atoms with Crippen LogP contribution in [0.1, 0.15) is 93.6 Å². The molecular weight excluding hydrogens is 576 g/mol. The molecule has 4 aliphatic rings. The Labute approximate surface area is 264 Å². The number of carbonyl (C=O) groups is 1. The van der Waals surface area contributed by atoms with E-state index in [9.17, 15) is 13.6 Å². The molecular formula is C34H47F2N7O2. The number of hydrogen-bond acceptors (Lipinski definition) is 6. The van der Waals surface area contributed by atoms with Crippen LogP contribution in [0.3, 0.4) is 0 Å². The number of anilines is 2. The monoisotopic (exact) mass is 623 g/mol. The van der Waals surface area contributed by atoms with Crippen LogP contribution in [0.15, 0.2) is 24.5 Å². The Kier molecular flexibility index (Phi) is 9.84. The lowest BCUT2D eigenvalue weighted by atomic mass is 9.92. The van der Waals surface area contributed by atoms with E-state index in [1.165, 1.54) is 5.69 Å². The predicted octanol–water partition coefficient (Wildman–Crippen LogP) is 6.10. The average Bonchev–Trinajstić information content (AvgIpc) is 3.69. The normalized spacial score (nSPS) is 22.1. The zero-order chi connectivity index (χ0) is 31.5. The van der Waals surface area contributed by atoms with Crippen molar-refractivity contribution < 1.29 is 18.3 Å². The molecule has 1 saturated carbocycles. The molecule has 7 rings (SSSR count). The second-order valence-corrected chi connectivity index (χ2v) is 12.6. The number of nitrogens with one attached hydrogen (secondary N) is 1. The highest BCUT2D eigenvalue weighted by Crippen LogP contribution is 2.44. The summed E-state index contributed by atoms with van der Waals surface area (Å²) in [6.45, 7) is 7.91. The quantitative estimate of drug-likeness (QED) is 0.321. The van der Waals surface area contributed by atoms with Crippen LogP contribution in [0.5, 0.6) is 0 Å². The lowest BCUT2D eigenvalue weighted by molar-refractivity contribution is -0.118. The number of hydrogen-bond donors (Lipinski definition) is 1. The molecule has 5 heterocycles. The number of alkyl halides is 2. The van der Waals surface area contributed by atoms with Crippen molar-refractivity contribution in [1.29, 1.82) is 0 Å². The zero-order valence-corrected chi connectivity index (χ0v) is 26.9. The van der Waals surface area contributed by atoms with E-state index in [1.807, 2.05) is 19.9 Å². The molecule has 3 aromatic rings. The van der Waals surface area contributed by atoms with Crippen LogP contribution in [-0.2, 0) is 36.0 Å². The number of carbonyl (C=O) groups excluding carboxylic acids is 1. The van der Waals surface area contributed by atoms with E-state index in [0.717, 1.165) is 99.9 Å². The third-order valence-electron chi connectivity index (χ3n) is 9.78. The summed E-state index contributed by atoms with van der Waals surface area (Å²) >= 11 is 0. The first kappa shape index (κ1) is 31.7. The number of nitrogens with zero attached hydrogens (tertiary/aromatic N) is 6. The number of rotatable bonds is 7. The first-order valence-electron chi connectivity index (χ1n) is 16.9. The fourth-order valence-corrected chi connectivity index (χ4v) is 7.55. The van der Waals surface area contributed by atoms with Crippen LogP contribution in [0.25, 0.3) is 11.1 Å². The van der Waals surface area contributed by atoms with Gasteiger partial charge in [0.15, 0.2) is 5.82 Å². The molecule has 9 nitrogen and oxygen atoms in total. The van der Waals surface area contributed by atoms with Crippen LogP contribution in [-0.4, -0.2) is 69.3 Å². The van der Waals surface area contributed by atoms with Gasteiger partial charge in [0.05, 0.1) is 31.0 Å². The van der Waals surface area contributed by atoms with Gasteiger partial charge in [-0.25, -0.2) is 8.78 Å². The molecule has 1 amide bonds. The van der Waals surface area contributed by atoms with Gasteiger partial charge in [0, 0.05) is 60.8 Å². The summed E-state index contributed by atoms with van der Waals surface area (Å²) in [6.07, 6.45) is 11.0. The Balaban J connectivity index is 0.00000175. The summed E-state index contributed by atoms with van der Waals surface area (Å²) in [4.78, 5) is 15.8. The van der Waals surface area contributed by atoms with Crippen molar-refractivity contribution in [2.75, 3.05) is 31.1 Å². The van der Waals surface area contributed by atoms with Gasteiger partial charge in [-0.2, -0.15) is 10.2 Å². The highest BCUT2D eigenvalue weighted by atomic mass is 19.3. The Morgan fingerprint density at radius 3 is 2.47 bits per heavy atom. The van der Waals surface area contributed by atoms with Crippen LogP contribution >= 0.6 is 0 Å². The summed E-state index contributed by atoms with van der Waals surface area (Å²) in [7, 11) is 1.79. The van der Waals surface area contributed by atoms with E-state index in [1.54, 1.807) is 35.1 Å². The molecule has 1 N–H and O–H groups in total. The standard InChI is InChI=1S/C32H41F2N7O2.C2H6/c1-38-18-22(17-36-38)26-15-21-3-2-13-40(30(21)16-27(26)31(33)34)32-28-19-39(20-42)14-10-29(28)41(37-32)23-4-6-24(7-5-23)43-25-8-11-35-12-9-25;1-2/h15-18,20,23-25,31,35H,2-14,19H2,1H3;1-2H3. The Morgan fingerprint density at radius 2 is 1.78 bits per heavy atom. The molecule has 1 aromatic carbocycles. The molecule has 1 saturated heterocycles. The number of halogens is 2. The van der Waals surface area contributed by atoms with Gasteiger partial charge in [-0.1, -0.05) is 13.8 Å². The number of ether oxygens (including phenoxy) is 1. The number of aryl methyl sites for hydroxylation is 2. The topological polar surface area (TPSA) is 80.5 Å². The number of piperidine rings is 1. The fourth-order valence-electron chi connectivity index (χ4n) is 7.55. The minimum Gasteiger partial charge on any atom is -0.375 e. The maximum absolute atomic E-state index is 14.5. The van der Waals surface area contributed by atoms with Gasteiger partial charge >= 0.3 is 0 Å². The first-order chi connectivity index (χ1) is 22.0. The minimum absolute atomic E-state index is 0.00791. The summed E-state index contributed by atoms with van der Waals surface area (Å²) in [5.41, 5.74) is 5.31. The SMILES string of the molecule is CC.Cn1cc(-c2cc3c(cc2C(F)F)N(c2nn(C4CCC(OC5CCNCC5)CC4)c4c2CN(C=O)CC4)CCC3)cn1. The lowest BCUT2D eigenvalue weighted by Crippen LogP contribution is -2.36. The molecule has 0 atom stereocenters. The summed E-state index contributed by atoms with van der Waals surface area (Å²) in [5.74, 6) is 0.810. The third-order valence-corrected chi connectivity index (χ3v) is 9.78. The van der Waals surface area contributed by atoms with Crippen LogP contribution < -0.4 is 10.2 Å².